The van der Waals surface area contributed by atoms with Gasteiger partial charge in [0.25, 0.3) is 0 Å². The van der Waals surface area contributed by atoms with Gasteiger partial charge in [0.15, 0.2) is 5.78 Å². The van der Waals surface area contributed by atoms with Crippen molar-refractivity contribution in [2.75, 3.05) is 13.7 Å². The Bertz CT molecular complexity index is 646. The van der Waals surface area contributed by atoms with Crippen molar-refractivity contribution in [1.82, 2.24) is 4.90 Å². The molecule has 0 saturated carbocycles. The third kappa shape index (κ3) is 4.35. The van der Waals surface area contributed by atoms with Gasteiger partial charge >= 0.3 is 5.97 Å². The Morgan fingerprint density at radius 1 is 1.29 bits per heavy atom. The van der Waals surface area contributed by atoms with Gasteiger partial charge in [0.1, 0.15) is 11.8 Å². The molecular formula is C17H20BrNO5. The molecule has 1 heterocycles. The molecule has 0 spiro atoms. The van der Waals surface area contributed by atoms with Gasteiger partial charge < -0.3 is 14.7 Å². The van der Waals surface area contributed by atoms with Crippen molar-refractivity contribution >= 4 is 33.6 Å². The van der Waals surface area contributed by atoms with E-state index < -0.39 is 12.0 Å². The summed E-state index contributed by atoms with van der Waals surface area (Å²) in [6, 6.07) is 4.34. The topological polar surface area (TPSA) is 83.9 Å². The fourth-order valence-corrected chi connectivity index (χ4v) is 3.24. The standard InChI is InChI=1S/C17H20BrNO5/c1-24-15-7-5-11(18)10-12(15)14(20)6-8-16(21)19-9-3-2-4-13(19)17(22)23/h5,7,10,13H,2-4,6,8-9H2,1H3,(H,22,23). The van der Waals surface area contributed by atoms with Crippen molar-refractivity contribution in [2.45, 2.75) is 38.1 Å². The van der Waals surface area contributed by atoms with Gasteiger partial charge in [-0.1, -0.05) is 15.9 Å². The maximum Gasteiger partial charge on any atom is 0.326 e. The lowest BCUT2D eigenvalue weighted by Gasteiger charge is -2.33. The van der Waals surface area contributed by atoms with Crippen LogP contribution in [0.25, 0.3) is 0 Å². The summed E-state index contributed by atoms with van der Waals surface area (Å²) in [4.78, 5) is 37.4. The molecule has 0 bridgehead atoms. The molecule has 1 aromatic carbocycles. The van der Waals surface area contributed by atoms with Gasteiger partial charge in [-0.15, -0.1) is 0 Å². The van der Waals surface area contributed by atoms with Crippen LogP contribution in [0.15, 0.2) is 22.7 Å². The number of likely N-dealkylation sites (tertiary alicyclic amines) is 1. The summed E-state index contributed by atoms with van der Waals surface area (Å²) in [6.45, 7) is 0.435. The summed E-state index contributed by atoms with van der Waals surface area (Å²) >= 11 is 3.31. The van der Waals surface area contributed by atoms with Crippen LogP contribution in [0.3, 0.4) is 0 Å². The van der Waals surface area contributed by atoms with Crippen LogP contribution in [-0.4, -0.2) is 47.4 Å². The van der Waals surface area contributed by atoms with Gasteiger partial charge in [0.2, 0.25) is 5.91 Å². The van der Waals surface area contributed by atoms with E-state index >= 15 is 0 Å². The highest BCUT2D eigenvalue weighted by Gasteiger charge is 2.31. The van der Waals surface area contributed by atoms with Crippen LogP contribution < -0.4 is 4.74 Å². The smallest absolute Gasteiger partial charge is 0.326 e. The number of carbonyl (C=O) groups excluding carboxylic acids is 2. The number of hydrogen-bond acceptors (Lipinski definition) is 4. The fourth-order valence-electron chi connectivity index (χ4n) is 2.88. The number of piperidine rings is 1. The molecule has 1 fully saturated rings. The Kier molecular flexibility index (Phi) is 6.36. The molecule has 1 N–H and O–H groups in total. The lowest BCUT2D eigenvalue weighted by Crippen LogP contribution is -2.48. The van der Waals surface area contributed by atoms with E-state index in [0.717, 1.165) is 17.3 Å². The van der Waals surface area contributed by atoms with Crippen LogP contribution in [0.2, 0.25) is 0 Å². The van der Waals surface area contributed by atoms with Crippen LogP contribution in [0, 0.1) is 0 Å². The molecule has 0 aliphatic carbocycles. The van der Waals surface area contributed by atoms with Gasteiger partial charge in [-0.05, 0) is 37.5 Å². The molecular weight excluding hydrogens is 378 g/mol. The maximum atomic E-state index is 12.4. The number of carbonyl (C=O) groups is 3. The molecule has 0 radical (unpaired) electrons. The number of amides is 1. The Morgan fingerprint density at radius 3 is 2.71 bits per heavy atom. The Balaban J connectivity index is 2.02. The molecule has 24 heavy (non-hydrogen) atoms. The first-order chi connectivity index (χ1) is 11.4. The summed E-state index contributed by atoms with van der Waals surface area (Å²) in [5.41, 5.74) is 0.410. The van der Waals surface area contributed by atoms with Crippen LogP contribution in [0.1, 0.15) is 42.5 Å². The van der Waals surface area contributed by atoms with E-state index in [2.05, 4.69) is 15.9 Å². The predicted octanol–water partition coefficient (Wildman–Crippen LogP) is 2.89. The van der Waals surface area contributed by atoms with E-state index in [-0.39, 0.29) is 24.5 Å². The molecule has 0 aromatic heterocycles. The van der Waals surface area contributed by atoms with Crippen molar-refractivity contribution < 1.29 is 24.2 Å². The summed E-state index contributed by atoms with van der Waals surface area (Å²) in [5.74, 6) is -1.02. The van der Waals surface area contributed by atoms with Crippen LogP contribution in [0.4, 0.5) is 0 Å². The number of aliphatic carboxylic acids is 1. The zero-order chi connectivity index (χ0) is 17.7. The molecule has 1 aliphatic rings. The molecule has 1 aliphatic heterocycles. The third-order valence-electron chi connectivity index (χ3n) is 4.14. The molecule has 1 saturated heterocycles. The van der Waals surface area contributed by atoms with E-state index in [1.165, 1.54) is 12.0 Å². The number of ketones is 1. The quantitative estimate of drug-likeness (QED) is 0.745. The number of methoxy groups -OCH3 is 1. The highest BCUT2D eigenvalue weighted by molar-refractivity contribution is 9.10. The molecule has 7 heteroatoms. The number of carboxylic acids is 1. The van der Waals surface area contributed by atoms with Gasteiger partial charge in [-0.2, -0.15) is 0 Å². The monoisotopic (exact) mass is 397 g/mol. The second-order valence-corrected chi connectivity index (χ2v) is 6.62. The summed E-state index contributed by atoms with van der Waals surface area (Å²) < 4.78 is 5.93. The number of Topliss-reactive ketones (excluding diaryl/α,β-unsaturated/α-hetero) is 1. The summed E-state index contributed by atoms with van der Waals surface area (Å²) in [7, 11) is 1.48. The first kappa shape index (κ1) is 18.4. The van der Waals surface area contributed by atoms with Gasteiger partial charge in [-0.3, -0.25) is 9.59 Å². The SMILES string of the molecule is COc1ccc(Br)cc1C(=O)CCC(=O)N1CCCCC1C(=O)O. The number of ether oxygens (including phenoxy) is 1. The molecule has 130 valence electrons. The number of halogens is 1. The first-order valence-corrected chi connectivity index (χ1v) is 8.62. The van der Waals surface area contributed by atoms with Crippen molar-refractivity contribution in [1.29, 1.82) is 0 Å². The molecule has 6 nitrogen and oxygen atoms in total. The number of carboxylic acid groups (broad SMARTS) is 1. The molecule has 1 amide bonds. The minimum Gasteiger partial charge on any atom is -0.496 e. The Hall–Kier alpha value is -1.89. The second-order valence-electron chi connectivity index (χ2n) is 5.70. The lowest BCUT2D eigenvalue weighted by atomic mass is 10.0. The molecule has 1 unspecified atom stereocenters. The van der Waals surface area contributed by atoms with Crippen molar-refractivity contribution in [3.05, 3.63) is 28.2 Å². The summed E-state index contributed by atoms with van der Waals surface area (Å²) in [6.07, 6.45) is 2.08. The Morgan fingerprint density at radius 2 is 2.04 bits per heavy atom. The van der Waals surface area contributed by atoms with Crippen molar-refractivity contribution in [3.63, 3.8) is 0 Å². The minimum atomic E-state index is -0.983. The van der Waals surface area contributed by atoms with E-state index in [9.17, 15) is 19.5 Å². The molecule has 2 rings (SSSR count). The number of rotatable bonds is 6. The number of nitrogens with zero attached hydrogens (tertiary/aromatic N) is 1. The minimum absolute atomic E-state index is 0.00171. The maximum absolute atomic E-state index is 12.4. The summed E-state index contributed by atoms with van der Waals surface area (Å²) in [5, 5.41) is 9.23. The highest BCUT2D eigenvalue weighted by Crippen LogP contribution is 2.25. The van der Waals surface area contributed by atoms with Gasteiger partial charge in [0, 0.05) is 23.9 Å². The van der Waals surface area contributed by atoms with Crippen LogP contribution >= 0.6 is 15.9 Å². The van der Waals surface area contributed by atoms with Crippen molar-refractivity contribution in [2.24, 2.45) is 0 Å². The Labute approximate surface area is 148 Å². The average Bonchev–Trinajstić information content (AvgIpc) is 2.59. The number of hydrogen-bond donors (Lipinski definition) is 1. The van der Waals surface area contributed by atoms with Crippen LogP contribution in [-0.2, 0) is 9.59 Å². The van der Waals surface area contributed by atoms with Crippen LogP contribution in [0.5, 0.6) is 5.75 Å². The zero-order valence-corrected chi connectivity index (χ0v) is 15.0. The second kappa shape index (κ2) is 8.28. The van der Waals surface area contributed by atoms with E-state index in [1.807, 2.05) is 0 Å². The fraction of sp³-hybridized carbons (Fsp3) is 0.471. The van der Waals surface area contributed by atoms with Crippen molar-refractivity contribution in [3.8, 4) is 5.75 Å². The van der Waals surface area contributed by atoms with Gasteiger partial charge in [-0.25, -0.2) is 4.79 Å². The number of benzene rings is 1. The molecule has 1 aromatic rings. The molecule has 1 atom stereocenters. The lowest BCUT2D eigenvalue weighted by molar-refractivity contribution is -0.152. The van der Waals surface area contributed by atoms with E-state index in [4.69, 9.17) is 4.74 Å². The normalized spacial score (nSPS) is 17.4. The third-order valence-corrected chi connectivity index (χ3v) is 4.63. The zero-order valence-electron chi connectivity index (χ0n) is 13.5. The van der Waals surface area contributed by atoms with E-state index in [1.54, 1.807) is 18.2 Å². The first-order valence-electron chi connectivity index (χ1n) is 7.83. The predicted molar refractivity (Wildman–Crippen MR) is 91.2 cm³/mol. The van der Waals surface area contributed by atoms with Gasteiger partial charge in [0.05, 0.1) is 12.7 Å². The largest absolute Gasteiger partial charge is 0.496 e. The van der Waals surface area contributed by atoms with E-state index in [0.29, 0.717) is 24.3 Å². The average molecular weight is 398 g/mol. The highest BCUT2D eigenvalue weighted by atomic mass is 79.9.